The summed E-state index contributed by atoms with van der Waals surface area (Å²) >= 11 is 0. The molecule has 10 aromatic carbocycles. The van der Waals surface area contributed by atoms with E-state index in [2.05, 4.69) is 269 Å². The lowest BCUT2D eigenvalue weighted by Gasteiger charge is -2.51. The molecule has 13 rings (SSSR count). The van der Waals surface area contributed by atoms with Crippen LogP contribution in [0.2, 0.25) is 0 Å². The normalized spacial score (nSPS) is 13.6. The van der Waals surface area contributed by atoms with Crippen molar-refractivity contribution in [3.63, 3.8) is 0 Å². The van der Waals surface area contributed by atoms with E-state index in [-0.39, 0.29) is 6.71 Å². The highest BCUT2D eigenvalue weighted by Crippen LogP contribution is 2.49. The fourth-order valence-corrected chi connectivity index (χ4v) is 16.4. The van der Waals surface area contributed by atoms with Crippen LogP contribution in [0.15, 0.2) is 255 Å². The molecule has 65 heavy (non-hydrogen) atoms. The number of anilines is 9. The summed E-state index contributed by atoms with van der Waals surface area (Å²) in [7, 11) is -2.90. The summed E-state index contributed by atoms with van der Waals surface area (Å²) in [5, 5.41) is 5.59. The summed E-state index contributed by atoms with van der Waals surface area (Å²) in [5.41, 5.74) is 16.9. The zero-order chi connectivity index (χ0) is 42.9. The second-order valence-corrected chi connectivity index (χ2v) is 21.0. The van der Waals surface area contributed by atoms with Crippen molar-refractivity contribution in [2.24, 2.45) is 0 Å². The molecular weight excluding hydrogens is 802 g/mol. The third-order valence-corrected chi connectivity index (χ3v) is 18.7. The summed E-state index contributed by atoms with van der Waals surface area (Å²) in [4.78, 5) is 7.61. The zero-order valence-electron chi connectivity index (χ0n) is 35.7. The van der Waals surface area contributed by atoms with Gasteiger partial charge in [-0.1, -0.05) is 194 Å². The molecule has 0 bridgehead atoms. The lowest BCUT2D eigenvalue weighted by atomic mass is 9.33. The Bertz CT molecular complexity index is 3310. The minimum absolute atomic E-state index is 0.0366. The topological polar surface area (TPSA) is 9.72 Å². The van der Waals surface area contributed by atoms with Crippen LogP contribution in [0.3, 0.4) is 0 Å². The first-order valence-corrected chi connectivity index (χ1v) is 24.6. The van der Waals surface area contributed by atoms with Gasteiger partial charge in [-0.3, -0.25) is 0 Å². The van der Waals surface area contributed by atoms with E-state index in [4.69, 9.17) is 0 Å². The Kier molecular flexibility index (Phi) is 8.65. The van der Waals surface area contributed by atoms with Crippen LogP contribution < -0.4 is 51.8 Å². The quantitative estimate of drug-likeness (QED) is 0.148. The van der Waals surface area contributed by atoms with Gasteiger partial charge in [0.25, 0.3) is 6.71 Å². The predicted molar refractivity (Wildman–Crippen MR) is 278 cm³/mol. The smallest absolute Gasteiger partial charge is 0.252 e. The van der Waals surface area contributed by atoms with E-state index in [9.17, 15) is 0 Å². The van der Waals surface area contributed by atoms with Crippen LogP contribution in [0.4, 0.5) is 51.2 Å². The monoisotopic (exact) mass is 843 g/mol. The number of nitrogens with zero attached hydrogens (tertiary/aromatic N) is 3. The summed E-state index contributed by atoms with van der Waals surface area (Å²) in [6.07, 6.45) is 0. The molecule has 0 spiro atoms. The van der Waals surface area contributed by atoms with E-state index in [1.165, 1.54) is 76.7 Å². The van der Waals surface area contributed by atoms with Crippen molar-refractivity contribution < 1.29 is 0 Å². The van der Waals surface area contributed by atoms with Gasteiger partial charge in [-0.25, -0.2) is 0 Å². The van der Waals surface area contributed by atoms with Gasteiger partial charge in [0.2, 0.25) is 0 Å². The van der Waals surface area contributed by atoms with Crippen LogP contribution in [-0.2, 0) is 0 Å². The van der Waals surface area contributed by atoms with Gasteiger partial charge in [-0.05, 0) is 109 Å². The van der Waals surface area contributed by atoms with Gasteiger partial charge in [0.05, 0.1) is 5.69 Å². The van der Waals surface area contributed by atoms with Crippen LogP contribution in [-0.4, -0.2) is 14.8 Å². The van der Waals surface area contributed by atoms with E-state index in [1.54, 1.807) is 0 Å². The second kappa shape index (κ2) is 15.0. The molecule has 10 aromatic rings. The van der Waals surface area contributed by atoms with Gasteiger partial charge in [-0.15, -0.1) is 0 Å². The van der Waals surface area contributed by atoms with Crippen molar-refractivity contribution in [2.45, 2.75) is 0 Å². The van der Waals surface area contributed by atoms with Crippen LogP contribution in [0, 0.1) is 0 Å². The average molecular weight is 844 g/mol. The first kappa shape index (κ1) is 37.4. The van der Waals surface area contributed by atoms with Crippen molar-refractivity contribution in [3.05, 3.63) is 255 Å². The Balaban J connectivity index is 1.19. The Morgan fingerprint density at radius 3 is 1.49 bits per heavy atom. The number of hydrogen-bond donors (Lipinski definition) is 0. The molecule has 0 atom stereocenters. The molecule has 5 heteroatoms. The first-order valence-electron chi connectivity index (χ1n) is 22.6. The van der Waals surface area contributed by atoms with Crippen LogP contribution in [0.5, 0.6) is 0 Å². The maximum absolute atomic E-state index is 2.90. The number of benzene rings is 10. The average Bonchev–Trinajstić information content (AvgIpc) is 3.38. The van der Waals surface area contributed by atoms with Crippen molar-refractivity contribution in [3.8, 4) is 11.1 Å². The van der Waals surface area contributed by atoms with Crippen LogP contribution in [0.1, 0.15) is 0 Å². The number of hydrogen-bond acceptors (Lipinski definition) is 3. The fraction of sp³-hybridized carbons (Fsp3) is 0. The largest absolute Gasteiger partial charge is 0.312 e. The van der Waals surface area contributed by atoms with E-state index in [0.717, 1.165) is 22.7 Å². The molecule has 0 unspecified atom stereocenters. The van der Waals surface area contributed by atoms with Gasteiger partial charge >= 0.3 is 0 Å². The van der Waals surface area contributed by atoms with Crippen molar-refractivity contribution in [2.75, 3.05) is 14.7 Å². The molecule has 0 aromatic heterocycles. The molecule has 0 aliphatic carbocycles. The summed E-state index contributed by atoms with van der Waals surface area (Å²) in [5.74, 6) is 0. The lowest BCUT2D eigenvalue weighted by Crippen LogP contribution is -2.79. The molecular formula is C60H42BN3Si. The first-order chi connectivity index (χ1) is 32.3. The molecule has 0 saturated heterocycles. The van der Waals surface area contributed by atoms with Crippen molar-refractivity contribution in [1.82, 2.24) is 0 Å². The molecule has 0 radical (unpaired) electrons. The third-order valence-electron chi connectivity index (χ3n) is 13.9. The molecule has 0 N–H and O–H groups in total. The zero-order valence-corrected chi connectivity index (χ0v) is 36.7. The van der Waals surface area contributed by atoms with Gasteiger partial charge in [0.1, 0.15) is 0 Å². The second-order valence-electron chi connectivity index (χ2n) is 17.2. The summed E-state index contributed by atoms with van der Waals surface area (Å²) in [6, 6.07) is 94.9. The molecule has 3 aliphatic rings. The van der Waals surface area contributed by atoms with E-state index in [1.807, 2.05) is 0 Å². The number of rotatable bonds is 7. The molecule has 3 aliphatic heterocycles. The highest BCUT2D eigenvalue weighted by molar-refractivity contribution is 7.22. The fourth-order valence-electron chi connectivity index (χ4n) is 11.3. The van der Waals surface area contributed by atoms with E-state index < -0.39 is 8.07 Å². The molecule has 0 saturated carbocycles. The molecule has 0 amide bonds. The maximum Gasteiger partial charge on any atom is 0.252 e. The molecule has 304 valence electrons. The van der Waals surface area contributed by atoms with Gasteiger partial charge < -0.3 is 14.7 Å². The Morgan fingerprint density at radius 1 is 0.338 bits per heavy atom. The Morgan fingerprint density at radius 2 is 0.862 bits per heavy atom. The highest BCUT2D eigenvalue weighted by Gasteiger charge is 2.53. The molecule has 3 nitrogen and oxygen atoms in total. The summed E-state index contributed by atoms with van der Waals surface area (Å²) < 4.78 is 0. The van der Waals surface area contributed by atoms with Crippen LogP contribution in [0.25, 0.3) is 11.1 Å². The van der Waals surface area contributed by atoms with Crippen molar-refractivity contribution in [1.29, 1.82) is 0 Å². The standard InChI is InChI=1S/C60H42BN3Si/c1-7-22-43(23-8-1)44-38-39-51-54(40-44)63(47-28-13-4-14-29-47)55-41-48(62(45-24-9-2-10-25-45)46-26-11-3-12-27-46)42-56-59(55)61(51)52-34-21-37-58-60(52)64(56)53-35-19-20-36-57(53)65(58,49-30-15-5-16-31-49)50-32-17-6-18-33-50/h1-42H. The maximum atomic E-state index is 2.65. The Labute approximate surface area is 381 Å². The number of fused-ring (bicyclic) bond motifs is 6. The lowest BCUT2D eigenvalue weighted by molar-refractivity contribution is 1.23. The van der Waals surface area contributed by atoms with Gasteiger partial charge in [0, 0.05) is 45.5 Å². The molecule has 0 fully saturated rings. The van der Waals surface area contributed by atoms with Gasteiger partial charge in [0.15, 0.2) is 8.07 Å². The minimum Gasteiger partial charge on any atom is -0.312 e. The highest BCUT2D eigenvalue weighted by atomic mass is 28.3. The predicted octanol–water partition coefficient (Wildman–Crippen LogP) is 10.6. The molecule has 3 heterocycles. The van der Waals surface area contributed by atoms with Crippen LogP contribution >= 0.6 is 0 Å². The van der Waals surface area contributed by atoms with Crippen molar-refractivity contribution >= 4 is 103 Å². The number of para-hydroxylation sites is 5. The van der Waals surface area contributed by atoms with E-state index in [0.29, 0.717) is 0 Å². The van der Waals surface area contributed by atoms with E-state index >= 15 is 0 Å². The third kappa shape index (κ3) is 5.62. The minimum atomic E-state index is -2.90. The SMILES string of the molecule is c1ccc(-c2ccc3c(c2)N(c2ccccc2)c2cc(N(c4ccccc4)c4ccccc4)cc4c2B3c2cccc3c2N4c2ccccc2[Si]3(c2ccccc2)c2ccccc2)cc1. The summed E-state index contributed by atoms with van der Waals surface area (Å²) in [6.45, 7) is -0.0366. The van der Waals surface area contributed by atoms with Gasteiger partial charge in [-0.2, -0.15) is 0 Å². The Hall–Kier alpha value is -8.12.